The zero-order valence-corrected chi connectivity index (χ0v) is 13.8. The molecule has 1 aromatic heterocycles. The van der Waals surface area contributed by atoms with Crippen molar-refractivity contribution in [1.29, 1.82) is 0 Å². The van der Waals surface area contributed by atoms with E-state index < -0.39 is 15.8 Å². The number of anilines is 1. The molecule has 0 bridgehead atoms. The van der Waals surface area contributed by atoms with E-state index in [0.717, 1.165) is 17.4 Å². The number of rotatable bonds is 4. The van der Waals surface area contributed by atoms with Crippen LogP contribution in [0.15, 0.2) is 38.3 Å². The number of nitrogens with two attached hydrogens (primary N) is 1. The van der Waals surface area contributed by atoms with E-state index in [4.69, 9.17) is 18.0 Å². The molecule has 0 fully saturated rings. The first kappa shape index (κ1) is 15.4. The normalized spacial score (nSPS) is 11.3. The summed E-state index contributed by atoms with van der Waals surface area (Å²) in [5, 5.41) is 1.62. The predicted octanol–water partition coefficient (Wildman–Crippen LogP) is 3.08. The number of hydrogen-bond donors (Lipinski definition) is 2. The fourth-order valence-electron chi connectivity index (χ4n) is 1.52. The van der Waals surface area contributed by atoms with Crippen molar-refractivity contribution in [2.45, 2.75) is 4.21 Å². The standard InChI is InChI=1S/C11H8BrFN2O2S3/c12-6-4-5-19-11(6)20(16,17)15-8-3-1-2-7(13)9(8)10(14)18/h1-5,15H,(H2,14,18). The van der Waals surface area contributed by atoms with Gasteiger partial charge >= 0.3 is 0 Å². The summed E-state index contributed by atoms with van der Waals surface area (Å²) in [4.78, 5) is -0.217. The predicted molar refractivity (Wildman–Crippen MR) is 85.1 cm³/mol. The van der Waals surface area contributed by atoms with E-state index in [-0.39, 0.29) is 20.4 Å². The van der Waals surface area contributed by atoms with Crippen LogP contribution < -0.4 is 10.5 Å². The highest BCUT2D eigenvalue weighted by molar-refractivity contribution is 9.10. The number of benzene rings is 1. The van der Waals surface area contributed by atoms with Gasteiger partial charge in [-0.05, 0) is 39.5 Å². The highest BCUT2D eigenvalue weighted by Gasteiger charge is 2.22. The molecule has 0 radical (unpaired) electrons. The molecule has 0 amide bonds. The molecular weight excluding hydrogens is 387 g/mol. The van der Waals surface area contributed by atoms with Gasteiger partial charge < -0.3 is 5.73 Å². The zero-order chi connectivity index (χ0) is 14.9. The minimum Gasteiger partial charge on any atom is -0.389 e. The average molecular weight is 395 g/mol. The first-order valence-electron chi connectivity index (χ1n) is 5.17. The highest BCUT2D eigenvalue weighted by atomic mass is 79.9. The molecule has 0 spiro atoms. The molecule has 106 valence electrons. The smallest absolute Gasteiger partial charge is 0.272 e. The Morgan fingerprint density at radius 1 is 1.40 bits per heavy atom. The van der Waals surface area contributed by atoms with E-state index in [9.17, 15) is 12.8 Å². The van der Waals surface area contributed by atoms with Gasteiger partial charge in [-0.3, -0.25) is 4.72 Å². The van der Waals surface area contributed by atoms with Gasteiger partial charge in [0.05, 0.1) is 11.3 Å². The van der Waals surface area contributed by atoms with Crippen LogP contribution in [0.3, 0.4) is 0 Å². The third-order valence-electron chi connectivity index (χ3n) is 2.33. The van der Waals surface area contributed by atoms with Crippen molar-refractivity contribution in [3.05, 3.63) is 45.5 Å². The van der Waals surface area contributed by atoms with Crippen LogP contribution in [0.4, 0.5) is 10.1 Å². The van der Waals surface area contributed by atoms with Crippen LogP contribution in [-0.2, 0) is 10.0 Å². The van der Waals surface area contributed by atoms with Gasteiger partial charge in [0.2, 0.25) is 0 Å². The Bertz CT molecular complexity index is 774. The molecule has 9 heteroatoms. The largest absolute Gasteiger partial charge is 0.389 e. The van der Waals surface area contributed by atoms with Crippen LogP contribution in [-0.4, -0.2) is 13.4 Å². The molecule has 1 aromatic carbocycles. The fourth-order valence-corrected chi connectivity index (χ4v) is 5.14. The highest BCUT2D eigenvalue weighted by Crippen LogP contribution is 2.30. The Hall–Kier alpha value is -1.03. The number of thiophene rings is 1. The van der Waals surface area contributed by atoms with Crippen LogP contribution in [0.25, 0.3) is 0 Å². The summed E-state index contributed by atoms with van der Waals surface area (Å²) in [5.74, 6) is -0.678. The van der Waals surface area contributed by atoms with E-state index in [2.05, 4.69) is 20.7 Å². The summed E-state index contributed by atoms with van der Waals surface area (Å²) in [7, 11) is -3.83. The molecule has 2 rings (SSSR count). The quantitative estimate of drug-likeness (QED) is 0.781. The Balaban J connectivity index is 2.48. The minimum atomic E-state index is -3.83. The number of nitrogens with one attached hydrogen (secondary N) is 1. The van der Waals surface area contributed by atoms with Gasteiger partial charge in [-0.15, -0.1) is 11.3 Å². The summed E-state index contributed by atoms with van der Waals surface area (Å²) < 4.78 is 41.0. The second kappa shape index (κ2) is 5.76. The van der Waals surface area contributed by atoms with Crippen LogP contribution in [0.5, 0.6) is 0 Å². The van der Waals surface area contributed by atoms with Crippen molar-refractivity contribution in [3.63, 3.8) is 0 Å². The number of sulfonamides is 1. The Morgan fingerprint density at radius 2 is 2.10 bits per heavy atom. The minimum absolute atomic E-state index is 0.0119. The van der Waals surface area contributed by atoms with E-state index in [1.165, 1.54) is 12.1 Å². The lowest BCUT2D eigenvalue weighted by Crippen LogP contribution is -2.19. The fraction of sp³-hybridized carbons (Fsp3) is 0. The maximum atomic E-state index is 13.7. The Kier molecular flexibility index (Phi) is 4.43. The molecule has 1 heterocycles. The first-order valence-corrected chi connectivity index (χ1v) is 8.73. The van der Waals surface area contributed by atoms with Gasteiger partial charge in [-0.25, -0.2) is 12.8 Å². The molecule has 0 unspecified atom stereocenters. The molecule has 0 saturated carbocycles. The summed E-state index contributed by atoms with van der Waals surface area (Å²) in [5.41, 5.74) is 5.32. The van der Waals surface area contributed by atoms with Crippen molar-refractivity contribution in [3.8, 4) is 0 Å². The number of halogens is 2. The SMILES string of the molecule is NC(=S)c1c(F)cccc1NS(=O)(=O)c1sccc1Br. The molecule has 0 aliphatic carbocycles. The Labute approximate surface area is 133 Å². The molecule has 0 aliphatic rings. The second-order valence-corrected chi connectivity index (χ2v) is 7.78. The van der Waals surface area contributed by atoms with E-state index in [1.54, 1.807) is 11.4 Å². The van der Waals surface area contributed by atoms with E-state index in [0.29, 0.717) is 4.47 Å². The van der Waals surface area contributed by atoms with Gasteiger partial charge in [-0.1, -0.05) is 18.3 Å². The first-order chi connectivity index (χ1) is 9.33. The summed E-state index contributed by atoms with van der Waals surface area (Å²) >= 11 is 8.93. The summed E-state index contributed by atoms with van der Waals surface area (Å²) in [6, 6.07) is 5.54. The van der Waals surface area contributed by atoms with Crippen LogP contribution in [0.2, 0.25) is 0 Å². The molecule has 0 saturated heterocycles. The van der Waals surface area contributed by atoms with Crippen molar-refractivity contribution >= 4 is 60.2 Å². The lowest BCUT2D eigenvalue weighted by molar-refractivity contribution is 0.602. The molecule has 3 N–H and O–H groups in total. The van der Waals surface area contributed by atoms with Crippen molar-refractivity contribution in [2.75, 3.05) is 4.72 Å². The lowest BCUT2D eigenvalue weighted by atomic mass is 10.2. The van der Waals surface area contributed by atoms with Crippen LogP contribution in [0, 0.1) is 5.82 Å². The molecule has 20 heavy (non-hydrogen) atoms. The molecule has 2 aromatic rings. The number of thiocarbonyl (C=S) groups is 1. The Morgan fingerprint density at radius 3 is 2.65 bits per heavy atom. The van der Waals surface area contributed by atoms with Crippen LogP contribution in [0.1, 0.15) is 5.56 Å². The average Bonchev–Trinajstić information content (AvgIpc) is 2.75. The van der Waals surface area contributed by atoms with Gasteiger partial charge in [0.25, 0.3) is 10.0 Å². The van der Waals surface area contributed by atoms with Gasteiger partial charge in [0.15, 0.2) is 4.21 Å². The summed E-state index contributed by atoms with van der Waals surface area (Å²) in [6.07, 6.45) is 0. The molecule has 0 aliphatic heterocycles. The molecule has 0 atom stereocenters. The second-order valence-electron chi connectivity index (χ2n) is 3.69. The maximum absolute atomic E-state index is 13.7. The third kappa shape index (κ3) is 3.00. The lowest BCUT2D eigenvalue weighted by Gasteiger charge is -2.11. The third-order valence-corrected chi connectivity index (χ3v) is 6.57. The van der Waals surface area contributed by atoms with Gasteiger partial charge in [0, 0.05) is 4.47 Å². The van der Waals surface area contributed by atoms with Crippen LogP contribution >= 0.6 is 39.5 Å². The zero-order valence-electron chi connectivity index (χ0n) is 9.76. The maximum Gasteiger partial charge on any atom is 0.272 e. The van der Waals surface area contributed by atoms with Crippen molar-refractivity contribution in [2.24, 2.45) is 5.73 Å². The van der Waals surface area contributed by atoms with E-state index >= 15 is 0 Å². The van der Waals surface area contributed by atoms with E-state index in [1.807, 2.05) is 0 Å². The van der Waals surface area contributed by atoms with Gasteiger partial charge in [-0.2, -0.15) is 0 Å². The summed E-state index contributed by atoms with van der Waals surface area (Å²) in [6.45, 7) is 0. The van der Waals surface area contributed by atoms with Crippen molar-refractivity contribution in [1.82, 2.24) is 0 Å². The van der Waals surface area contributed by atoms with Crippen molar-refractivity contribution < 1.29 is 12.8 Å². The van der Waals surface area contributed by atoms with Gasteiger partial charge in [0.1, 0.15) is 10.8 Å². The molecular formula is C11H8BrFN2O2S3. The monoisotopic (exact) mass is 394 g/mol. The topological polar surface area (TPSA) is 72.2 Å². The molecule has 4 nitrogen and oxygen atoms in total. The number of hydrogen-bond acceptors (Lipinski definition) is 4.